The van der Waals surface area contributed by atoms with E-state index in [1.807, 2.05) is 49.1 Å². The quantitative estimate of drug-likeness (QED) is 0.681. The van der Waals surface area contributed by atoms with E-state index in [1.54, 1.807) is 0 Å². The zero-order chi connectivity index (χ0) is 20.4. The van der Waals surface area contributed by atoms with Crippen LogP contribution in [0, 0.1) is 19.7 Å². The van der Waals surface area contributed by atoms with Gasteiger partial charge in [0.1, 0.15) is 5.82 Å². The summed E-state index contributed by atoms with van der Waals surface area (Å²) in [4.78, 5) is 26.4. The third-order valence-electron chi connectivity index (χ3n) is 5.52. The lowest BCUT2D eigenvalue weighted by Gasteiger charge is -2.22. The molecule has 0 spiro atoms. The molecular weight excluding hydrogens is 367 g/mol. The molecular formula is C23H25FN4O. The molecule has 5 nitrogen and oxygen atoms in total. The first-order valence-electron chi connectivity index (χ1n) is 10.0. The average Bonchev–Trinajstić information content (AvgIpc) is 2.95. The molecule has 0 radical (unpaired) electrons. The van der Waals surface area contributed by atoms with Gasteiger partial charge in [-0.2, -0.15) is 0 Å². The molecule has 3 aromatic rings. The highest BCUT2D eigenvalue weighted by atomic mass is 19.1. The van der Waals surface area contributed by atoms with Crippen molar-refractivity contribution in [3.05, 3.63) is 70.8 Å². The lowest BCUT2D eigenvalue weighted by atomic mass is 10.1. The largest absolute Gasteiger partial charge is 0.337 e. The minimum absolute atomic E-state index is 0.0376. The fourth-order valence-corrected chi connectivity index (χ4v) is 3.73. The van der Waals surface area contributed by atoms with Gasteiger partial charge in [0.15, 0.2) is 0 Å². The predicted octanol–water partition coefficient (Wildman–Crippen LogP) is 3.73. The summed E-state index contributed by atoms with van der Waals surface area (Å²) >= 11 is 0. The summed E-state index contributed by atoms with van der Waals surface area (Å²) in [7, 11) is 0. The molecule has 2 heterocycles. The van der Waals surface area contributed by atoms with E-state index >= 15 is 0 Å². The van der Waals surface area contributed by atoms with Gasteiger partial charge in [-0.25, -0.2) is 14.4 Å². The van der Waals surface area contributed by atoms with Crippen LogP contribution in [-0.2, 0) is 6.54 Å². The van der Waals surface area contributed by atoms with E-state index in [0.29, 0.717) is 12.1 Å². The summed E-state index contributed by atoms with van der Waals surface area (Å²) in [5.74, 6) is -0.178. The molecule has 1 aromatic heterocycles. The van der Waals surface area contributed by atoms with E-state index in [1.165, 1.54) is 12.1 Å². The van der Waals surface area contributed by atoms with Gasteiger partial charge < -0.3 is 4.90 Å². The number of aromatic nitrogens is 2. The molecule has 2 aromatic carbocycles. The predicted molar refractivity (Wildman–Crippen MR) is 111 cm³/mol. The van der Waals surface area contributed by atoms with E-state index in [4.69, 9.17) is 0 Å². The van der Waals surface area contributed by atoms with Crippen molar-refractivity contribution in [3.63, 3.8) is 0 Å². The van der Waals surface area contributed by atoms with Gasteiger partial charge in [-0.1, -0.05) is 12.1 Å². The highest BCUT2D eigenvalue weighted by molar-refractivity contribution is 5.97. The molecule has 150 valence electrons. The molecule has 29 heavy (non-hydrogen) atoms. The van der Waals surface area contributed by atoms with Gasteiger partial charge >= 0.3 is 0 Å². The number of benzene rings is 2. The highest BCUT2D eigenvalue weighted by Gasteiger charge is 2.21. The minimum atomic E-state index is -0.216. The first-order chi connectivity index (χ1) is 14.0. The smallest absolute Gasteiger partial charge is 0.253 e. The van der Waals surface area contributed by atoms with E-state index < -0.39 is 0 Å². The number of halogens is 1. The standard InChI is InChI=1S/C23H25FN4O/c1-16-17(2)26-22-14-19(6-9-21(22)25-16)23(29)28-11-3-10-27(12-13-28)15-18-4-7-20(24)8-5-18/h4-9,14H,3,10-13,15H2,1-2H3. The third-order valence-corrected chi connectivity index (χ3v) is 5.52. The minimum Gasteiger partial charge on any atom is -0.337 e. The van der Waals surface area contributed by atoms with Crippen LogP contribution in [0.15, 0.2) is 42.5 Å². The van der Waals surface area contributed by atoms with Crippen LogP contribution in [0.4, 0.5) is 4.39 Å². The van der Waals surface area contributed by atoms with E-state index in [2.05, 4.69) is 14.9 Å². The number of rotatable bonds is 3. The summed E-state index contributed by atoms with van der Waals surface area (Å²) in [6.45, 7) is 7.77. The topological polar surface area (TPSA) is 49.3 Å². The number of hydrogen-bond donors (Lipinski definition) is 0. The normalized spacial score (nSPS) is 15.5. The van der Waals surface area contributed by atoms with Crippen molar-refractivity contribution >= 4 is 16.9 Å². The monoisotopic (exact) mass is 392 g/mol. The Kier molecular flexibility index (Phi) is 5.53. The van der Waals surface area contributed by atoms with Gasteiger partial charge in [-0.05, 0) is 56.2 Å². The van der Waals surface area contributed by atoms with Crippen molar-refractivity contribution in [1.29, 1.82) is 0 Å². The summed E-state index contributed by atoms with van der Waals surface area (Å²) < 4.78 is 13.1. The first kappa shape index (κ1) is 19.5. The van der Waals surface area contributed by atoms with Crippen molar-refractivity contribution in [1.82, 2.24) is 19.8 Å². The molecule has 1 fully saturated rings. The van der Waals surface area contributed by atoms with Crippen LogP contribution < -0.4 is 0 Å². The Balaban J connectivity index is 1.44. The van der Waals surface area contributed by atoms with E-state index in [0.717, 1.165) is 60.6 Å². The molecule has 0 unspecified atom stereocenters. The molecule has 0 saturated carbocycles. The number of nitrogens with zero attached hydrogens (tertiary/aromatic N) is 4. The molecule has 1 aliphatic heterocycles. The average molecular weight is 392 g/mol. The second-order valence-electron chi connectivity index (χ2n) is 7.65. The van der Waals surface area contributed by atoms with Crippen molar-refractivity contribution in [2.24, 2.45) is 0 Å². The van der Waals surface area contributed by atoms with Crippen LogP contribution >= 0.6 is 0 Å². The highest BCUT2D eigenvalue weighted by Crippen LogP contribution is 2.17. The fraction of sp³-hybridized carbons (Fsp3) is 0.348. The molecule has 0 aliphatic carbocycles. The second-order valence-corrected chi connectivity index (χ2v) is 7.65. The van der Waals surface area contributed by atoms with Crippen LogP contribution in [0.3, 0.4) is 0 Å². The Morgan fingerprint density at radius 2 is 1.66 bits per heavy atom. The second kappa shape index (κ2) is 8.25. The number of aryl methyl sites for hydroxylation is 2. The maximum Gasteiger partial charge on any atom is 0.253 e. The SMILES string of the molecule is Cc1nc2ccc(C(=O)N3CCCN(Cc4ccc(F)cc4)CC3)cc2nc1C. The number of carbonyl (C=O) groups excluding carboxylic acids is 1. The molecule has 1 aliphatic rings. The van der Waals surface area contributed by atoms with Crippen molar-refractivity contribution in [3.8, 4) is 0 Å². The van der Waals surface area contributed by atoms with Crippen LogP contribution in [0.2, 0.25) is 0 Å². The maximum absolute atomic E-state index is 13.1. The Bertz CT molecular complexity index is 1030. The van der Waals surface area contributed by atoms with E-state index in [9.17, 15) is 9.18 Å². The van der Waals surface area contributed by atoms with Crippen LogP contribution in [0.1, 0.15) is 33.7 Å². The lowest BCUT2D eigenvalue weighted by Crippen LogP contribution is -2.35. The Hall–Kier alpha value is -2.86. The Morgan fingerprint density at radius 3 is 2.41 bits per heavy atom. The molecule has 0 atom stereocenters. The van der Waals surface area contributed by atoms with Crippen molar-refractivity contribution < 1.29 is 9.18 Å². The Labute approximate surface area is 170 Å². The van der Waals surface area contributed by atoms with Gasteiger partial charge in [-0.3, -0.25) is 9.69 Å². The zero-order valence-corrected chi connectivity index (χ0v) is 16.9. The number of amides is 1. The molecule has 4 rings (SSSR count). The molecule has 0 N–H and O–H groups in total. The lowest BCUT2D eigenvalue weighted by molar-refractivity contribution is 0.0761. The number of hydrogen-bond acceptors (Lipinski definition) is 4. The van der Waals surface area contributed by atoms with Crippen LogP contribution in [0.25, 0.3) is 11.0 Å². The van der Waals surface area contributed by atoms with Gasteiger partial charge in [-0.15, -0.1) is 0 Å². The Morgan fingerprint density at radius 1 is 0.931 bits per heavy atom. The number of fused-ring (bicyclic) bond motifs is 1. The van der Waals surface area contributed by atoms with E-state index in [-0.39, 0.29) is 11.7 Å². The van der Waals surface area contributed by atoms with Crippen molar-refractivity contribution in [2.45, 2.75) is 26.8 Å². The molecule has 1 amide bonds. The summed E-state index contributed by atoms with van der Waals surface area (Å²) in [6.07, 6.45) is 0.915. The maximum atomic E-state index is 13.1. The van der Waals surface area contributed by atoms with Gasteiger partial charge in [0.2, 0.25) is 0 Å². The van der Waals surface area contributed by atoms with Crippen LogP contribution in [0.5, 0.6) is 0 Å². The van der Waals surface area contributed by atoms with Crippen LogP contribution in [-0.4, -0.2) is 51.9 Å². The molecule has 1 saturated heterocycles. The van der Waals surface area contributed by atoms with Gasteiger partial charge in [0.05, 0.1) is 22.4 Å². The fourth-order valence-electron chi connectivity index (χ4n) is 3.73. The summed E-state index contributed by atoms with van der Waals surface area (Å²) in [5.41, 5.74) is 5.10. The summed E-state index contributed by atoms with van der Waals surface area (Å²) in [6, 6.07) is 12.2. The molecule has 6 heteroatoms. The number of carbonyl (C=O) groups is 1. The zero-order valence-electron chi connectivity index (χ0n) is 16.9. The summed E-state index contributed by atoms with van der Waals surface area (Å²) in [5, 5.41) is 0. The molecule has 0 bridgehead atoms. The van der Waals surface area contributed by atoms with Gasteiger partial charge in [0.25, 0.3) is 5.91 Å². The van der Waals surface area contributed by atoms with Gasteiger partial charge in [0, 0.05) is 38.3 Å². The first-order valence-corrected chi connectivity index (χ1v) is 10.0. The third kappa shape index (κ3) is 4.43. The van der Waals surface area contributed by atoms with Crippen molar-refractivity contribution in [2.75, 3.05) is 26.2 Å².